The minimum atomic E-state index is 0.604. The van der Waals surface area contributed by atoms with Gasteiger partial charge in [-0.15, -0.1) is 0 Å². The van der Waals surface area contributed by atoms with E-state index in [2.05, 4.69) is 56.3 Å². The second kappa shape index (κ2) is 11.4. The Labute approximate surface area is 210 Å². The highest BCUT2D eigenvalue weighted by atomic mass is 16.5. The summed E-state index contributed by atoms with van der Waals surface area (Å²) in [6, 6.07) is 15.1. The third-order valence-corrected chi connectivity index (χ3v) is 7.74. The van der Waals surface area contributed by atoms with Crippen molar-refractivity contribution in [3.63, 3.8) is 0 Å². The Morgan fingerprint density at radius 2 is 1.83 bits per heavy atom. The van der Waals surface area contributed by atoms with Crippen LogP contribution in [0.25, 0.3) is 10.9 Å². The average Bonchev–Trinajstić information content (AvgIpc) is 2.90. The zero-order valence-corrected chi connectivity index (χ0v) is 21.4. The van der Waals surface area contributed by atoms with Gasteiger partial charge in [0.15, 0.2) is 0 Å². The zero-order valence-electron chi connectivity index (χ0n) is 21.4. The highest BCUT2D eigenvalue weighted by Gasteiger charge is 2.23. The van der Waals surface area contributed by atoms with Crippen LogP contribution >= 0.6 is 0 Å². The second-order valence-electron chi connectivity index (χ2n) is 10.3. The maximum absolute atomic E-state index is 6.30. The SMILES string of the molecule is CCCCOc1c(C)c(CC2CCc3cc(OCC4CCOCC4)ccc3C2)nc2ccccc12. The van der Waals surface area contributed by atoms with Crippen molar-refractivity contribution in [2.24, 2.45) is 11.8 Å². The molecule has 0 N–H and O–H groups in total. The summed E-state index contributed by atoms with van der Waals surface area (Å²) >= 11 is 0. The number of fused-ring (bicyclic) bond motifs is 2. The molecule has 35 heavy (non-hydrogen) atoms. The fraction of sp³-hybridized carbons (Fsp3) is 0.516. The molecule has 0 saturated carbocycles. The first-order valence-corrected chi connectivity index (χ1v) is 13.5. The van der Waals surface area contributed by atoms with Gasteiger partial charge < -0.3 is 14.2 Å². The van der Waals surface area contributed by atoms with Gasteiger partial charge in [-0.25, -0.2) is 0 Å². The summed E-state index contributed by atoms with van der Waals surface area (Å²) in [5, 5.41) is 1.13. The van der Waals surface area contributed by atoms with Crippen LogP contribution in [-0.4, -0.2) is 31.4 Å². The smallest absolute Gasteiger partial charge is 0.133 e. The normalized spacial score (nSPS) is 18.4. The first-order valence-electron chi connectivity index (χ1n) is 13.5. The molecule has 1 aromatic heterocycles. The van der Waals surface area contributed by atoms with Crippen LogP contribution in [0.3, 0.4) is 0 Å². The monoisotopic (exact) mass is 473 g/mol. The van der Waals surface area contributed by atoms with E-state index < -0.39 is 0 Å². The van der Waals surface area contributed by atoms with E-state index in [1.54, 1.807) is 0 Å². The van der Waals surface area contributed by atoms with Crippen molar-refractivity contribution in [2.45, 2.75) is 65.2 Å². The highest BCUT2D eigenvalue weighted by Crippen LogP contribution is 2.35. The van der Waals surface area contributed by atoms with Gasteiger partial charge in [-0.2, -0.15) is 0 Å². The summed E-state index contributed by atoms with van der Waals surface area (Å²) in [5.41, 5.74) is 6.37. The third-order valence-electron chi connectivity index (χ3n) is 7.74. The summed E-state index contributed by atoms with van der Waals surface area (Å²) in [5.74, 6) is 3.28. The van der Waals surface area contributed by atoms with Crippen LogP contribution in [0.5, 0.6) is 11.5 Å². The molecule has 1 aliphatic heterocycles. The molecule has 0 spiro atoms. The lowest BCUT2D eigenvalue weighted by molar-refractivity contribution is 0.0497. The third kappa shape index (κ3) is 5.81. The van der Waals surface area contributed by atoms with Crippen LogP contribution in [0.1, 0.15) is 61.4 Å². The van der Waals surface area contributed by atoms with Gasteiger partial charge in [-0.05, 0) is 99.1 Å². The van der Waals surface area contributed by atoms with Crippen molar-refractivity contribution in [3.8, 4) is 11.5 Å². The number of aryl methyl sites for hydroxylation is 1. The maximum atomic E-state index is 6.30. The molecule has 0 amide bonds. The van der Waals surface area contributed by atoms with E-state index in [4.69, 9.17) is 19.2 Å². The van der Waals surface area contributed by atoms with Gasteiger partial charge in [0.05, 0.1) is 18.7 Å². The first-order chi connectivity index (χ1) is 17.2. The van der Waals surface area contributed by atoms with Crippen molar-refractivity contribution in [1.82, 2.24) is 4.98 Å². The van der Waals surface area contributed by atoms with Crippen molar-refractivity contribution >= 4 is 10.9 Å². The number of ether oxygens (including phenoxy) is 3. The minimum Gasteiger partial charge on any atom is -0.493 e. The molecular formula is C31H39NO3. The Morgan fingerprint density at radius 1 is 0.971 bits per heavy atom. The quantitative estimate of drug-likeness (QED) is 0.318. The summed E-state index contributed by atoms with van der Waals surface area (Å²) in [6.45, 7) is 7.71. The Bertz CT molecular complexity index is 1140. The van der Waals surface area contributed by atoms with E-state index in [9.17, 15) is 0 Å². The van der Waals surface area contributed by atoms with Gasteiger partial charge in [0.25, 0.3) is 0 Å². The predicted molar refractivity (Wildman–Crippen MR) is 142 cm³/mol. The van der Waals surface area contributed by atoms with Gasteiger partial charge in [0, 0.05) is 29.9 Å². The Morgan fingerprint density at radius 3 is 2.69 bits per heavy atom. The van der Waals surface area contributed by atoms with Gasteiger partial charge in [-0.1, -0.05) is 31.5 Å². The summed E-state index contributed by atoms with van der Waals surface area (Å²) in [4.78, 5) is 5.09. The van der Waals surface area contributed by atoms with Gasteiger partial charge in [0.2, 0.25) is 0 Å². The molecule has 3 aromatic rings. The zero-order chi connectivity index (χ0) is 24.0. The second-order valence-corrected chi connectivity index (χ2v) is 10.3. The lowest BCUT2D eigenvalue weighted by Gasteiger charge is -2.26. The molecule has 2 aliphatic rings. The lowest BCUT2D eigenvalue weighted by Crippen LogP contribution is -2.21. The summed E-state index contributed by atoms with van der Waals surface area (Å²) < 4.78 is 17.9. The fourth-order valence-corrected chi connectivity index (χ4v) is 5.50. The molecule has 4 heteroatoms. The van der Waals surface area contributed by atoms with E-state index in [1.807, 2.05) is 0 Å². The predicted octanol–water partition coefficient (Wildman–Crippen LogP) is 6.88. The van der Waals surface area contributed by atoms with Crippen LogP contribution in [0.4, 0.5) is 0 Å². The Kier molecular flexibility index (Phi) is 7.88. The number of hydrogen-bond donors (Lipinski definition) is 0. The molecule has 1 unspecified atom stereocenters. The Hall–Kier alpha value is -2.59. The number of benzene rings is 2. The number of nitrogens with zero attached hydrogens (tertiary/aromatic N) is 1. The summed E-state index contributed by atoms with van der Waals surface area (Å²) in [7, 11) is 0. The molecule has 1 saturated heterocycles. The fourth-order valence-electron chi connectivity index (χ4n) is 5.50. The molecule has 1 aliphatic carbocycles. The molecule has 186 valence electrons. The van der Waals surface area contributed by atoms with Crippen molar-refractivity contribution < 1.29 is 14.2 Å². The van der Waals surface area contributed by atoms with Gasteiger partial charge in [0.1, 0.15) is 11.5 Å². The van der Waals surface area contributed by atoms with Crippen molar-refractivity contribution in [1.29, 1.82) is 0 Å². The minimum absolute atomic E-state index is 0.604. The largest absolute Gasteiger partial charge is 0.493 e. The molecule has 0 bridgehead atoms. The maximum Gasteiger partial charge on any atom is 0.133 e. The lowest BCUT2D eigenvalue weighted by atomic mass is 9.81. The van der Waals surface area contributed by atoms with Crippen molar-refractivity contribution in [3.05, 3.63) is 64.8 Å². The number of aromatic nitrogens is 1. The molecule has 4 nitrogen and oxygen atoms in total. The Balaban J connectivity index is 1.27. The molecule has 0 radical (unpaired) electrons. The molecule has 5 rings (SSSR count). The van der Waals surface area contributed by atoms with Crippen LogP contribution < -0.4 is 9.47 Å². The number of pyridine rings is 1. The highest BCUT2D eigenvalue weighted by molar-refractivity contribution is 5.86. The van der Waals surface area contributed by atoms with E-state index in [0.717, 1.165) is 93.8 Å². The van der Waals surface area contributed by atoms with Crippen LogP contribution in [0, 0.1) is 18.8 Å². The van der Waals surface area contributed by atoms with Gasteiger partial charge in [-0.3, -0.25) is 4.98 Å². The van der Waals surface area contributed by atoms with E-state index in [-0.39, 0.29) is 0 Å². The van der Waals surface area contributed by atoms with Crippen LogP contribution in [-0.2, 0) is 24.0 Å². The van der Waals surface area contributed by atoms with Crippen LogP contribution in [0.2, 0.25) is 0 Å². The number of hydrogen-bond acceptors (Lipinski definition) is 4. The van der Waals surface area contributed by atoms with Crippen LogP contribution in [0.15, 0.2) is 42.5 Å². The van der Waals surface area contributed by atoms with E-state index in [0.29, 0.717) is 11.8 Å². The topological polar surface area (TPSA) is 40.6 Å². The van der Waals surface area contributed by atoms with E-state index in [1.165, 1.54) is 28.8 Å². The average molecular weight is 474 g/mol. The molecular weight excluding hydrogens is 434 g/mol. The first kappa shape index (κ1) is 24.1. The number of unbranched alkanes of at least 4 members (excludes halogenated alkanes) is 1. The number of rotatable bonds is 9. The van der Waals surface area contributed by atoms with Crippen molar-refractivity contribution in [2.75, 3.05) is 26.4 Å². The molecule has 2 aromatic carbocycles. The number of para-hydroxylation sites is 1. The molecule has 2 heterocycles. The van der Waals surface area contributed by atoms with E-state index >= 15 is 0 Å². The standard InChI is InChI=1S/C31H39NO3/c1-3-4-15-34-31-22(2)30(32-29-8-6-5-7-28(29)31)19-24-9-10-26-20-27(12-11-25(26)18-24)35-21-23-13-16-33-17-14-23/h5-8,11-12,20,23-24H,3-4,9-10,13-19,21H2,1-2H3. The molecule has 1 atom stereocenters. The summed E-state index contributed by atoms with van der Waals surface area (Å²) in [6.07, 6.45) is 8.85. The van der Waals surface area contributed by atoms with Gasteiger partial charge >= 0.3 is 0 Å². The molecule has 1 fully saturated rings.